The topological polar surface area (TPSA) is 99.2 Å². The zero-order valence-electron chi connectivity index (χ0n) is 17.2. The summed E-state index contributed by atoms with van der Waals surface area (Å²) in [7, 11) is 0. The lowest BCUT2D eigenvalue weighted by Crippen LogP contribution is -2.51. The Morgan fingerprint density at radius 3 is 2.48 bits per heavy atom. The number of Topliss-reactive ketones (excluding diaryl/α,β-unsaturated/α-hetero) is 1. The number of fused-ring (bicyclic) bond motifs is 3. The van der Waals surface area contributed by atoms with Crippen LogP contribution in [0.1, 0.15) is 30.4 Å². The molecule has 5 rings (SSSR count). The molecule has 1 aliphatic carbocycles. The van der Waals surface area contributed by atoms with E-state index >= 15 is 0 Å². The monoisotopic (exact) mass is 450 g/mol. The van der Waals surface area contributed by atoms with Crippen molar-refractivity contribution in [3.8, 4) is 6.07 Å². The van der Waals surface area contributed by atoms with E-state index in [0.29, 0.717) is 17.7 Å². The molecule has 6 nitrogen and oxygen atoms in total. The van der Waals surface area contributed by atoms with Crippen LogP contribution in [-0.4, -0.2) is 11.7 Å². The van der Waals surface area contributed by atoms with Crippen molar-refractivity contribution < 1.29 is 22.8 Å². The molecular formula is C24H17F3N4O2. The Kier molecular flexibility index (Phi) is 4.40. The molecule has 1 amide bonds. The predicted molar refractivity (Wildman–Crippen MR) is 113 cm³/mol. The van der Waals surface area contributed by atoms with E-state index in [2.05, 4.69) is 5.32 Å². The number of para-hydroxylation sites is 2. The number of nitrogens with zero attached hydrogens (tertiary/aromatic N) is 2. The summed E-state index contributed by atoms with van der Waals surface area (Å²) in [6.07, 6.45) is -3.97. The minimum Gasteiger partial charge on any atom is -0.384 e. The number of benzene rings is 2. The van der Waals surface area contributed by atoms with Gasteiger partial charge in [-0.1, -0.05) is 30.3 Å². The number of nitriles is 1. The Morgan fingerprint density at radius 1 is 1.06 bits per heavy atom. The highest BCUT2D eigenvalue weighted by Gasteiger charge is 2.60. The molecule has 0 fully saturated rings. The molecule has 9 heteroatoms. The van der Waals surface area contributed by atoms with Gasteiger partial charge in [-0.15, -0.1) is 0 Å². The van der Waals surface area contributed by atoms with Gasteiger partial charge in [0.05, 0.1) is 16.8 Å². The average Bonchev–Trinajstić information content (AvgIpc) is 3.06. The molecule has 3 N–H and O–H groups in total. The van der Waals surface area contributed by atoms with E-state index in [1.165, 1.54) is 18.2 Å². The van der Waals surface area contributed by atoms with Crippen molar-refractivity contribution >= 4 is 23.1 Å². The third-order valence-electron chi connectivity index (χ3n) is 6.38. The molecule has 1 atom stereocenters. The molecule has 0 bridgehead atoms. The lowest BCUT2D eigenvalue weighted by molar-refractivity contribution is -0.137. The quantitative estimate of drug-likeness (QED) is 0.681. The largest absolute Gasteiger partial charge is 0.418 e. The highest BCUT2D eigenvalue weighted by Crippen LogP contribution is 2.55. The Balaban J connectivity index is 1.89. The second-order valence-corrected chi connectivity index (χ2v) is 8.07. The van der Waals surface area contributed by atoms with Crippen LogP contribution in [0.25, 0.3) is 0 Å². The Morgan fingerprint density at radius 2 is 1.76 bits per heavy atom. The van der Waals surface area contributed by atoms with Gasteiger partial charge in [0.2, 0.25) is 5.91 Å². The summed E-state index contributed by atoms with van der Waals surface area (Å²) < 4.78 is 41.6. The van der Waals surface area contributed by atoms with E-state index in [9.17, 15) is 28.0 Å². The molecule has 0 aromatic heterocycles. The van der Waals surface area contributed by atoms with Crippen LogP contribution in [-0.2, 0) is 21.2 Å². The Labute approximate surface area is 186 Å². The summed E-state index contributed by atoms with van der Waals surface area (Å²) in [5.74, 6) is -1.30. The smallest absolute Gasteiger partial charge is 0.384 e. The number of hydrogen-bond donors (Lipinski definition) is 2. The van der Waals surface area contributed by atoms with Gasteiger partial charge in [-0.2, -0.15) is 18.4 Å². The third-order valence-corrected chi connectivity index (χ3v) is 6.38. The SMILES string of the molecule is N#CC1=C(N)N(c2ccccc2C(F)(F)F)C2=C(C(=O)CCC2)[C@@]12C(=O)Nc1ccccc12. The molecule has 0 saturated heterocycles. The molecule has 0 radical (unpaired) electrons. The van der Waals surface area contributed by atoms with Crippen LogP contribution in [0.2, 0.25) is 0 Å². The number of nitrogens with two attached hydrogens (primary N) is 1. The lowest BCUT2D eigenvalue weighted by Gasteiger charge is -2.44. The maximum atomic E-state index is 13.9. The number of halogens is 3. The van der Waals surface area contributed by atoms with E-state index < -0.39 is 28.8 Å². The molecule has 33 heavy (non-hydrogen) atoms. The summed E-state index contributed by atoms with van der Waals surface area (Å²) >= 11 is 0. The second-order valence-electron chi connectivity index (χ2n) is 8.07. The van der Waals surface area contributed by atoms with Crippen LogP contribution < -0.4 is 16.0 Å². The summed E-state index contributed by atoms with van der Waals surface area (Å²) in [6, 6.07) is 13.4. The average molecular weight is 450 g/mol. The van der Waals surface area contributed by atoms with E-state index in [-0.39, 0.29) is 41.2 Å². The van der Waals surface area contributed by atoms with Gasteiger partial charge in [-0.05, 0) is 31.0 Å². The fraction of sp³-hybridized carbons (Fsp3) is 0.208. The molecule has 0 unspecified atom stereocenters. The van der Waals surface area contributed by atoms with Crippen LogP contribution in [0, 0.1) is 11.3 Å². The van der Waals surface area contributed by atoms with Gasteiger partial charge in [0.1, 0.15) is 17.3 Å². The first-order valence-electron chi connectivity index (χ1n) is 10.3. The van der Waals surface area contributed by atoms with Crippen molar-refractivity contribution in [3.05, 3.63) is 82.3 Å². The molecule has 2 aliphatic heterocycles. The van der Waals surface area contributed by atoms with Crippen LogP contribution in [0.4, 0.5) is 24.5 Å². The highest BCUT2D eigenvalue weighted by molar-refractivity contribution is 6.19. The summed E-state index contributed by atoms with van der Waals surface area (Å²) in [5, 5.41) is 12.9. The Bertz CT molecular complexity index is 1340. The fourth-order valence-electron chi connectivity index (χ4n) is 5.13. The molecule has 2 aromatic rings. The van der Waals surface area contributed by atoms with Crippen molar-refractivity contribution in [1.29, 1.82) is 5.26 Å². The second kappa shape index (κ2) is 6.97. The predicted octanol–water partition coefficient (Wildman–Crippen LogP) is 4.12. The minimum atomic E-state index is -4.70. The third kappa shape index (κ3) is 2.67. The molecule has 1 spiro atoms. The molecule has 0 saturated carbocycles. The van der Waals surface area contributed by atoms with Gasteiger partial charge < -0.3 is 11.1 Å². The van der Waals surface area contributed by atoms with Gasteiger partial charge in [-0.3, -0.25) is 14.5 Å². The molecule has 2 aromatic carbocycles. The number of nitrogens with one attached hydrogen (secondary N) is 1. The van der Waals surface area contributed by atoms with E-state index in [1.54, 1.807) is 24.3 Å². The molecular weight excluding hydrogens is 433 g/mol. The standard InChI is InChI=1S/C24H17F3N4O2/c25-24(26,27)14-7-2-4-9-17(14)31-18-10-5-11-19(32)20(18)23(15(12-28)21(31)29)13-6-1-3-8-16(13)30-22(23)33/h1-4,6-9H,5,10-11,29H2,(H,30,33)/t23-/m0/s1. The summed E-state index contributed by atoms with van der Waals surface area (Å²) in [4.78, 5) is 27.9. The first-order chi connectivity index (χ1) is 15.7. The number of amides is 1. The van der Waals surface area contributed by atoms with Crippen molar-refractivity contribution in [3.63, 3.8) is 0 Å². The van der Waals surface area contributed by atoms with Crippen molar-refractivity contribution in [1.82, 2.24) is 0 Å². The number of alkyl halides is 3. The number of allylic oxidation sites excluding steroid dienone is 1. The zero-order chi connectivity index (χ0) is 23.5. The number of hydrogen-bond acceptors (Lipinski definition) is 5. The van der Waals surface area contributed by atoms with Gasteiger partial charge >= 0.3 is 6.18 Å². The number of carbonyl (C=O) groups is 2. The van der Waals surface area contributed by atoms with Gasteiger partial charge in [-0.25, -0.2) is 0 Å². The van der Waals surface area contributed by atoms with Crippen molar-refractivity contribution in [2.24, 2.45) is 5.73 Å². The van der Waals surface area contributed by atoms with Crippen LogP contribution in [0.5, 0.6) is 0 Å². The van der Waals surface area contributed by atoms with Crippen LogP contribution >= 0.6 is 0 Å². The van der Waals surface area contributed by atoms with Crippen molar-refractivity contribution in [2.45, 2.75) is 30.9 Å². The zero-order valence-corrected chi connectivity index (χ0v) is 17.2. The highest BCUT2D eigenvalue weighted by atomic mass is 19.4. The number of anilines is 2. The minimum absolute atomic E-state index is 0.0129. The lowest BCUT2D eigenvalue weighted by atomic mass is 9.64. The van der Waals surface area contributed by atoms with Gasteiger partial charge in [0.25, 0.3) is 0 Å². The van der Waals surface area contributed by atoms with Crippen LogP contribution in [0.3, 0.4) is 0 Å². The van der Waals surface area contributed by atoms with E-state index in [1.807, 2.05) is 6.07 Å². The first kappa shape index (κ1) is 20.8. The normalized spacial score (nSPS) is 22.3. The molecule has 166 valence electrons. The molecule has 2 heterocycles. The van der Waals surface area contributed by atoms with E-state index in [4.69, 9.17) is 5.73 Å². The van der Waals surface area contributed by atoms with E-state index in [0.717, 1.165) is 11.0 Å². The number of ketones is 1. The van der Waals surface area contributed by atoms with Crippen LogP contribution in [0.15, 0.2) is 71.2 Å². The number of rotatable bonds is 1. The first-order valence-corrected chi connectivity index (χ1v) is 10.3. The maximum Gasteiger partial charge on any atom is 0.418 e. The summed E-state index contributed by atoms with van der Waals surface area (Å²) in [5.41, 5.74) is 4.12. The van der Waals surface area contributed by atoms with Gasteiger partial charge in [0.15, 0.2) is 5.78 Å². The fourth-order valence-corrected chi connectivity index (χ4v) is 5.13. The van der Waals surface area contributed by atoms with Crippen molar-refractivity contribution in [2.75, 3.05) is 10.2 Å². The summed E-state index contributed by atoms with van der Waals surface area (Å²) in [6.45, 7) is 0. The maximum absolute atomic E-state index is 13.9. The Hall–Kier alpha value is -4.06. The molecule has 3 aliphatic rings. The number of carbonyl (C=O) groups excluding carboxylic acids is 2. The van der Waals surface area contributed by atoms with Gasteiger partial charge in [0, 0.05) is 28.9 Å².